The van der Waals surface area contributed by atoms with Crippen LogP contribution in [0.5, 0.6) is 5.75 Å². The normalized spacial score (nSPS) is 10.1. The second-order valence-electron chi connectivity index (χ2n) is 5.32. The van der Waals surface area contributed by atoms with E-state index < -0.39 is 0 Å². The summed E-state index contributed by atoms with van der Waals surface area (Å²) in [6.07, 6.45) is 0.773. The first-order chi connectivity index (χ1) is 11.5. The van der Waals surface area contributed by atoms with Gasteiger partial charge < -0.3 is 15.4 Å². The van der Waals surface area contributed by atoms with E-state index in [0.717, 1.165) is 12.0 Å². The summed E-state index contributed by atoms with van der Waals surface area (Å²) >= 11 is 0. The summed E-state index contributed by atoms with van der Waals surface area (Å²) in [7, 11) is 0. The Morgan fingerprint density at radius 2 is 1.83 bits per heavy atom. The van der Waals surface area contributed by atoms with Crippen molar-refractivity contribution in [2.45, 2.75) is 27.2 Å². The number of carbonyl (C=O) groups is 2. The lowest BCUT2D eigenvalue weighted by Gasteiger charge is -2.13. The minimum absolute atomic E-state index is 0.152. The van der Waals surface area contributed by atoms with Crippen molar-refractivity contribution in [2.24, 2.45) is 0 Å². The summed E-state index contributed by atoms with van der Waals surface area (Å²) in [4.78, 5) is 23.7. The summed E-state index contributed by atoms with van der Waals surface area (Å²) in [6, 6.07) is 12.5. The van der Waals surface area contributed by atoms with E-state index in [1.807, 2.05) is 32.0 Å². The third-order valence-electron chi connectivity index (χ3n) is 3.47. The lowest BCUT2D eigenvalue weighted by atomic mass is 10.1. The molecule has 5 heteroatoms. The molecule has 2 rings (SSSR count). The summed E-state index contributed by atoms with van der Waals surface area (Å²) in [5.41, 5.74) is 2.86. The average molecular weight is 326 g/mol. The van der Waals surface area contributed by atoms with Crippen molar-refractivity contribution >= 4 is 23.2 Å². The van der Waals surface area contributed by atoms with Crippen molar-refractivity contribution in [3.8, 4) is 5.75 Å². The van der Waals surface area contributed by atoms with Gasteiger partial charge in [0, 0.05) is 23.9 Å². The van der Waals surface area contributed by atoms with Crippen LogP contribution < -0.4 is 15.4 Å². The van der Waals surface area contributed by atoms with Crippen LogP contribution in [0.1, 0.15) is 36.7 Å². The van der Waals surface area contributed by atoms with Crippen LogP contribution >= 0.6 is 0 Å². The van der Waals surface area contributed by atoms with Crippen LogP contribution in [0.25, 0.3) is 0 Å². The number of anilines is 2. The maximum Gasteiger partial charge on any atom is 0.255 e. The quantitative estimate of drug-likeness (QED) is 0.847. The average Bonchev–Trinajstić information content (AvgIpc) is 2.55. The van der Waals surface area contributed by atoms with Gasteiger partial charge >= 0.3 is 0 Å². The number of nitrogens with one attached hydrogen (secondary N) is 2. The van der Waals surface area contributed by atoms with Crippen LogP contribution in [0.3, 0.4) is 0 Å². The van der Waals surface area contributed by atoms with Crippen LogP contribution in [0.2, 0.25) is 0 Å². The minimum Gasteiger partial charge on any atom is -0.494 e. The van der Waals surface area contributed by atoms with Crippen LogP contribution in [0, 0.1) is 0 Å². The molecule has 0 fully saturated rings. The first-order valence-corrected chi connectivity index (χ1v) is 7.98. The third-order valence-corrected chi connectivity index (χ3v) is 3.47. The Morgan fingerprint density at radius 1 is 1.04 bits per heavy atom. The SMILES string of the molecule is CCOc1cccc(C(=O)Nc2cc(NC(C)=O)ccc2CC)c1. The lowest BCUT2D eigenvalue weighted by molar-refractivity contribution is -0.114. The van der Waals surface area contributed by atoms with Gasteiger partial charge in [0.1, 0.15) is 5.75 Å². The lowest BCUT2D eigenvalue weighted by Crippen LogP contribution is -2.14. The van der Waals surface area contributed by atoms with E-state index in [4.69, 9.17) is 4.74 Å². The molecule has 0 bridgehead atoms. The zero-order chi connectivity index (χ0) is 17.5. The Hall–Kier alpha value is -2.82. The molecule has 2 aromatic rings. The molecular formula is C19H22N2O3. The van der Waals surface area contributed by atoms with Gasteiger partial charge in [0.15, 0.2) is 0 Å². The van der Waals surface area contributed by atoms with E-state index >= 15 is 0 Å². The number of aryl methyl sites for hydroxylation is 1. The summed E-state index contributed by atoms with van der Waals surface area (Å²) in [5.74, 6) is 0.292. The minimum atomic E-state index is -0.216. The molecule has 0 aliphatic rings. The van der Waals surface area contributed by atoms with E-state index in [1.54, 1.807) is 24.3 Å². The van der Waals surface area contributed by atoms with E-state index in [-0.39, 0.29) is 11.8 Å². The second-order valence-corrected chi connectivity index (χ2v) is 5.32. The molecule has 0 spiro atoms. The highest BCUT2D eigenvalue weighted by atomic mass is 16.5. The topological polar surface area (TPSA) is 67.4 Å². The van der Waals surface area contributed by atoms with Crippen molar-refractivity contribution < 1.29 is 14.3 Å². The number of ether oxygens (including phenoxy) is 1. The van der Waals surface area contributed by atoms with Crippen molar-refractivity contribution in [2.75, 3.05) is 17.2 Å². The first-order valence-electron chi connectivity index (χ1n) is 7.98. The molecule has 0 saturated heterocycles. The van der Waals surface area contributed by atoms with Gasteiger partial charge in [0.2, 0.25) is 5.91 Å². The highest BCUT2D eigenvalue weighted by Crippen LogP contribution is 2.23. The standard InChI is InChI=1S/C19H22N2O3/c1-4-14-9-10-16(20-13(3)22)12-18(14)21-19(23)15-7-6-8-17(11-15)24-5-2/h6-12H,4-5H2,1-3H3,(H,20,22)(H,21,23). The van der Waals surface area contributed by atoms with Crippen LogP contribution in [0.15, 0.2) is 42.5 Å². The Kier molecular flexibility index (Phi) is 5.95. The summed E-state index contributed by atoms with van der Waals surface area (Å²) in [5, 5.41) is 5.64. The van der Waals surface area contributed by atoms with E-state index in [1.165, 1.54) is 6.92 Å². The number of hydrogen-bond donors (Lipinski definition) is 2. The molecule has 5 nitrogen and oxygen atoms in total. The molecule has 2 N–H and O–H groups in total. The van der Waals surface area contributed by atoms with Gasteiger partial charge in [-0.3, -0.25) is 9.59 Å². The Labute approximate surface area is 142 Å². The summed E-state index contributed by atoms with van der Waals surface area (Å²) < 4.78 is 5.43. The monoisotopic (exact) mass is 326 g/mol. The number of benzene rings is 2. The fourth-order valence-electron chi connectivity index (χ4n) is 2.37. The molecule has 2 amide bonds. The number of hydrogen-bond acceptors (Lipinski definition) is 3. The highest BCUT2D eigenvalue weighted by molar-refractivity contribution is 6.05. The molecule has 0 heterocycles. The molecule has 24 heavy (non-hydrogen) atoms. The Balaban J connectivity index is 2.23. The highest BCUT2D eigenvalue weighted by Gasteiger charge is 2.11. The van der Waals surface area contributed by atoms with Gasteiger partial charge in [-0.25, -0.2) is 0 Å². The van der Waals surface area contributed by atoms with Crippen LogP contribution in [-0.2, 0) is 11.2 Å². The second kappa shape index (κ2) is 8.15. The smallest absolute Gasteiger partial charge is 0.255 e. The predicted molar refractivity (Wildman–Crippen MR) is 95.7 cm³/mol. The van der Waals surface area contributed by atoms with E-state index in [0.29, 0.717) is 29.3 Å². The molecule has 126 valence electrons. The van der Waals surface area contributed by atoms with Gasteiger partial charge in [0.25, 0.3) is 5.91 Å². The number of carbonyl (C=O) groups excluding carboxylic acids is 2. The zero-order valence-electron chi connectivity index (χ0n) is 14.2. The molecule has 0 aliphatic heterocycles. The fourth-order valence-corrected chi connectivity index (χ4v) is 2.37. The zero-order valence-corrected chi connectivity index (χ0v) is 14.2. The maximum absolute atomic E-state index is 12.5. The van der Waals surface area contributed by atoms with E-state index in [2.05, 4.69) is 10.6 Å². The Morgan fingerprint density at radius 3 is 2.50 bits per heavy atom. The van der Waals surface area contributed by atoms with Crippen molar-refractivity contribution in [3.05, 3.63) is 53.6 Å². The Bertz CT molecular complexity index is 741. The molecule has 0 unspecified atom stereocenters. The molecule has 0 aliphatic carbocycles. The first kappa shape index (κ1) is 17.5. The molecule has 0 saturated carbocycles. The van der Waals surface area contributed by atoms with Gasteiger partial charge in [0.05, 0.1) is 6.61 Å². The van der Waals surface area contributed by atoms with Gasteiger partial charge in [-0.2, -0.15) is 0 Å². The van der Waals surface area contributed by atoms with Crippen molar-refractivity contribution in [1.82, 2.24) is 0 Å². The third kappa shape index (κ3) is 4.59. The molecular weight excluding hydrogens is 304 g/mol. The molecule has 0 radical (unpaired) electrons. The molecule has 0 atom stereocenters. The number of amides is 2. The van der Waals surface area contributed by atoms with E-state index in [9.17, 15) is 9.59 Å². The fraction of sp³-hybridized carbons (Fsp3) is 0.263. The molecule has 0 aromatic heterocycles. The predicted octanol–water partition coefficient (Wildman–Crippen LogP) is 3.86. The van der Waals surface area contributed by atoms with Gasteiger partial charge in [-0.15, -0.1) is 0 Å². The van der Waals surface area contributed by atoms with Crippen molar-refractivity contribution in [1.29, 1.82) is 0 Å². The van der Waals surface area contributed by atoms with Gasteiger partial charge in [-0.1, -0.05) is 19.1 Å². The summed E-state index contributed by atoms with van der Waals surface area (Å²) in [6.45, 7) is 5.90. The number of rotatable bonds is 6. The van der Waals surface area contributed by atoms with Crippen LogP contribution in [0.4, 0.5) is 11.4 Å². The largest absolute Gasteiger partial charge is 0.494 e. The molecule has 2 aromatic carbocycles. The maximum atomic E-state index is 12.5. The van der Waals surface area contributed by atoms with Crippen molar-refractivity contribution in [3.63, 3.8) is 0 Å². The van der Waals surface area contributed by atoms with Crippen LogP contribution in [-0.4, -0.2) is 18.4 Å². The van der Waals surface area contributed by atoms with Gasteiger partial charge in [-0.05, 0) is 49.2 Å².